The lowest BCUT2D eigenvalue weighted by Gasteiger charge is -2.27. The lowest BCUT2D eigenvalue weighted by Crippen LogP contribution is -2.27. The molecule has 0 spiro atoms. The molecule has 0 unspecified atom stereocenters. The average molecular weight is 307 g/mol. The summed E-state index contributed by atoms with van der Waals surface area (Å²) in [6.07, 6.45) is 8.53. The van der Waals surface area contributed by atoms with Gasteiger partial charge >= 0.3 is 0 Å². The topological polar surface area (TPSA) is 28.2 Å². The van der Waals surface area contributed by atoms with Crippen LogP contribution in [0.5, 0.6) is 0 Å². The van der Waals surface area contributed by atoms with Crippen LogP contribution in [0.25, 0.3) is 0 Å². The highest BCUT2D eigenvalue weighted by molar-refractivity contribution is 5.38. The van der Waals surface area contributed by atoms with Gasteiger partial charge in [-0.2, -0.15) is 0 Å². The smallest absolute Gasteiger partial charge is 0.126 e. The number of anilines is 1. The van der Waals surface area contributed by atoms with E-state index in [2.05, 4.69) is 63.9 Å². The van der Waals surface area contributed by atoms with Crippen LogP contribution < -0.4 is 5.32 Å². The normalized spacial score (nSPS) is 22.0. The van der Waals surface area contributed by atoms with Crippen molar-refractivity contribution in [2.45, 2.75) is 50.7 Å². The molecule has 3 nitrogen and oxygen atoms in total. The minimum Gasteiger partial charge on any atom is -0.367 e. The maximum atomic E-state index is 4.65. The highest BCUT2D eigenvalue weighted by Gasteiger charge is 2.26. The molecule has 4 rings (SSSR count). The number of hydrogen-bond donors (Lipinski definition) is 1. The Kier molecular flexibility index (Phi) is 4.29. The molecule has 2 heterocycles. The fourth-order valence-corrected chi connectivity index (χ4v) is 3.66. The van der Waals surface area contributed by atoms with Gasteiger partial charge in [-0.1, -0.05) is 36.4 Å². The third-order valence-electron chi connectivity index (χ3n) is 5.22. The lowest BCUT2D eigenvalue weighted by atomic mass is 9.93. The van der Waals surface area contributed by atoms with Crippen LogP contribution in [0.1, 0.15) is 49.3 Å². The Morgan fingerprint density at radius 3 is 2.57 bits per heavy atom. The lowest BCUT2D eigenvalue weighted by molar-refractivity contribution is 0.248. The van der Waals surface area contributed by atoms with Gasteiger partial charge in [0.05, 0.1) is 0 Å². The number of nitrogens with zero attached hydrogens (tertiary/aromatic N) is 2. The standard InChI is InChI=1S/C20H25N3/c1-2-6-16(7-3-1)15-23-13-5-10-19(23)17-11-12-20(21-14-17)22-18-8-4-9-18/h1-3,6-7,11-12,14,18-19H,4-5,8-10,13,15H2,(H,21,22)/t19-/m1/s1. The van der Waals surface area contributed by atoms with E-state index in [9.17, 15) is 0 Å². The molecule has 120 valence electrons. The van der Waals surface area contributed by atoms with E-state index in [1.807, 2.05) is 0 Å². The molecule has 2 aliphatic rings. The van der Waals surface area contributed by atoms with E-state index in [1.54, 1.807) is 0 Å². The van der Waals surface area contributed by atoms with Crippen molar-refractivity contribution in [3.63, 3.8) is 0 Å². The zero-order chi connectivity index (χ0) is 15.5. The number of benzene rings is 1. The Morgan fingerprint density at radius 1 is 1.00 bits per heavy atom. The van der Waals surface area contributed by atoms with Gasteiger partial charge in [0, 0.05) is 24.8 Å². The second kappa shape index (κ2) is 6.71. The van der Waals surface area contributed by atoms with Crippen molar-refractivity contribution < 1.29 is 0 Å². The van der Waals surface area contributed by atoms with Crippen LogP contribution in [0.2, 0.25) is 0 Å². The van der Waals surface area contributed by atoms with Crippen molar-refractivity contribution in [3.05, 3.63) is 59.8 Å². The van der Waals surface area contributed by atoms with E-state index in [1.165, 1.54) is 49.8 Å². The van der Waals surface area contributed by atoms with E-state index in [-0.39, 0.29) is 0 Å². The van der Waals surface area contributed by atoms with Crippen LogP contribution in [-0.4, -0.2) is 22.5 Å². The summed E-state index contributed by atoms with van der Waals surface area (Å²) < 4.78 is 0. The summed E-state index contributed by atoms with van der Waals surface area (Å²) in [7, 11) is 0. The maximum absolute atomic E-state index is 4.65. The third-order valence-corrected chi connectivity index (χ3v) is 5.22. The van der Waals surface area contributed by atoms with Gasteiger partial charge in [0.1, 0.15) is 5.82 Å². The van der Waals surface area contributed by atoms with E-state index >= 15 is 0 Å². The number of aromatic nitrogens is 1. The molecule has 1 saturated heterocycles. The van der Waals surface area contributed by atoms with Crippen LogP contribution in [-0.2, 0) is 6.54 Å². The number of rotatable bonds is 5. The average Bonchev–Trinajstić information content (AvgIpc) is 3.01. The molecule has 0 radical (unpaired) electrons. The SMILES string of the molecule is c1ccc(CN2CCC[C@@H]2c2ccc(NC3CCC3)nc2)cc1. The van der Waals surface area contributed by atoms with Crippen molar-refractivity contribution in [1.29, 1.82) is 0 Å². The Morgan fingerprint density at radius 2 is 1.87 bits per heavy atom. The molecule has 2 fully saturated rings. The number of likely N-dealkylation sites (tertiary alicyclic amines) is 1. The highest BCUT2D eigenvalue weighted by Crippen LogP contribution is 2.33. The molecule has 1 N–H and O–H groups in total. The summed E-state index contributed by atoms with van der Waals surface area (Å²) in [5, 5.41) is 3.52. The van der Waals surface area contributed by atoms with Crippen molar-refractivity contribution in [1.82, 2.24) is 9.88 Å². The van der Waals surface area contributed by atoms with Crippen LogP contribution in [0.3, 0.4) is 0 Å². The second-order valence-electron chi connectivity index (χ2n) is 6.86. The molecule has 0 bridgehead atoms. The summed E-state index contributed by atoms with van der Waals surface area (Å²) in [6, 6.07) is 16.4. The molecule has 2 aromatic rings. The first-order valence-corrected chi connectivity index (χ1v) is 8.89. The van der Waals surface area contributed by atoms with Gasteiger partial charge in [-0.25, -0.2) is 4.98 Å². The van der Waals surface area contributed by atoms with E-state index in [0.717, 1.165) is 12.4 Å². The Hall–Kier alpha value is -1.87. The monoisotopic (exact) mass is 307 g/mol. The van der Waals surface area contributed by atoms with E-state index in [4.69, 9.17) is 0 Å². The summed E-state index contributed by atoms with van der Waals surface area (Å²) >= 11 is 0. The Balaban J connectivity index is 1.43. The van der Waals surface area contributed by atoms with Gasteiger partial charge in [-0.15, -0.1) is 0 Å². The minimum absolute atomic E-state index is 0.514. The fraction of sp³-hybridized carbons (Fsp3) is 0.450. The van der Waals surface area contributed by atoms with Crippen LogP contribution in [0.15, 0.2) is 48.7 Å². The van der Waals surface area contributed by atoms with Crippen LogP contribution in [0.4, 0.5) is 5.82 Å². The summed E-state index contributed by atoms with van der Waals surface area (Å²) in [4.78, 5) is 7.24. The predicted octanol–water partition coefficient (Wildman–Crippen LogP) is 4.38. The van der Waals surface area contributed by atoms with Gasteiger partial charge in [-0.05, 0) is 55.8 Å². The quantitative estimate of drug-likeness (QED) is 0.888. The maximum Gasteiger partial charge on any atom is 0.126 e. The zero-order valence-corrected chi connectivity index (χ0v) is 13.6. The highest BCUT2D eigenvalue weighted by atomic mass is 15.2. The van der Waals surface area contributed by atoms with Crippen molar-refractivity contribution >= 4 is 5.82 Å². The molecule has 1 atom stereocenters. The molecular formula is C20H25N3. The number of nitrogens with one attached hydrogen (secondary N) is 1. The zero-order valence-electron chi connectivity index (χ0n) is 13.6. The van der Waals surface area contributed by atoms with Crippen LogP contribution >= 0.6 is 0 Å². The third kappa shape index (κ3) is 3.40. The first-order valence-electron chi connectivity index (χ1n) is 8.89. The summed E-state index contributed by atoms with van der Waals surface area (Å²) in [6.45, 7) is 2.22. The number of pyridine rings is 1. The molecule has 1 aliphatic heterocycles. The van der Waals surface area contributed by atoms with Gasteiger partial charge < -0.3 is 5.32 Å². The molecule has 1 saturated carbocycles. The first kappa shape index (κ1) is 14.7. The van der Waals surface area contributed by atoms with Gasteiger partial charge in [0.2, 0.25) is 0 Å². The van der Waals surface area contributed by atoms with E-state index in [0.29, 0.717) is 12.1 Å². The molecular weight excluding hydrogens is 282 g/mol. The molecule has 0 amide bonds. The first-order chi connectivity index (χ1) is 11.4. The Labute approximate surface area is 138 Å². The van der Waals surface area contributed by atoms with Crippen LogP contribution in [0, 0.1) is 0 Å². The predicted molar refractivity (Wildman–Crippen MR) is 94.3 cm³/mol. The molecule has 1 aliphatic carbocycles. The molecule has 1 aromatic heterocycles. The molecule has 3 heteroatoms. The van der Waals surface area contributed by atoms with E-state index < -0.39 is 0 Å². The van der Waals surface area contributed by atoms with Gasteiger partial charge in [-0.3, -0.25) is 4.90 Å². The van der Waals surface area contributed by atoms with Gasteiger partial charge in [0.25, 0.3) is 0 Å². The van der Waals surface area contributed by atoms with Gasteiger partial charge in [0.15, 0.2) is 0 Å². The molecule has 1 aromatic carbocycles. The van der Waals surface area contributed by atoms with Crippen molar-refractivity contribution in [2.24, 2.45) is 0 Å². The van der Waals surface area contributed by atoms with Crippen molar-refractivity contribution in [3.8, 4) is 0 Å². The number of hydrogen-bond acceptors (Lipinski definition) is 3. The van der Waals surface area contributed by atoms with Crippen molar-refractivity contribution in [2.75, 3.05) is 11.9 Å². The minimum atomic E-state index is 0.514. The summed E-state index contributed by atoms with van der Waals surface area (Å²) in [5.41, 5.74) is 2.76. The Bertz CT molecular complexity index is 619. The second-order valence-corrected chi connectivity index (χ2v) is 6.86. The molecule has 23 heavy (non-hydrogen) atoms. The fourth-order valence-electron chi connectivity index (χ4n) is 3.66. The summed E-state index contributed by atoms with van der Waals surface area (Å²) in [5.74, 6) is 1.03. The largest absolute Gasteiger partial charge is 0.367 e.